The first kappa shape index (κ1) is 20.7. The topological polar surface area (TPSA) is 166 Å². The summed E-state index contributed by atoms with van der Waals surface area (Å²) in [6, 6.07) is 8.85. The zero-order valence-electron chi connectivity index (χ0n) is 14.7. The van der Waals surface area contributed by atoms with Crippen molar-refractivity contribution in [3.63, 3.8) is 0 Å². The first-order valence-corrected chi connectivity index (χ1v) is 10.8. The van der Waals surface area contributed by atoms with E-state index in [1.807, 2.05) is 0 Å². The first-order chi connectivity index (χ1) is 13.5. The predicted molar refractivity (Wildman–Crippen MR) is 101 cm³/mol. The summed E-state index contributed by atoms with van der Waals surface area (Å²) in [5.41, 5.74) is 0.674. The van der Waals surface area contributed by atoms with E-state index in [1.54, 1.807) is 6.92 Å². The first-order valence-electron chi connectivity index (χ1n) is 7.92. The molecule has 0 aromatic heterocycles. The van der Waals surface area contributed by atoms with E-state index < -0.39 is 32.2 Å². The number of hydrogen-bond acceptors (Lipinski definition) is 8. The lowest BCUT2D eigenvalue weighted by Gasteiger charge is -2.12. The van der Waals surface area contributed by atoms with Crippen LogP contribution in [0.5, 0.6) is 0 Å². The van der Waals surface area contributed by atoms with Crippen molar-refractivity contribution in [3.05, 3.63) is 48.5 Å². The fourth-order valence-electron chi connectivity index (χ4n) is 2.46. The van der Waals surface area contributed by atoms with Crippen molar-refractivity contribution in [2.75, 3.05) is 5.01 Å². The number of hydrogen-bond donors (Lipinski definition) is 2. The summed E-state index contributed by atoms with van der Waals surface area (Å²) in [5.74, 6) is -0.559. The molecular weight excluding hydrogens is 424 g/mol. The Hall–Kier alpha value is -3.00. The quantitative estimate of drug-likeness (QED) is 0.532. The van der Waals surface area contributed by atoms with Crippen LogP contribution < -0.4 is 5.01 Å². The van der Waals surface area contributed by atoms with E-state index in [-0.39, 0.29) is 21.2 Å². The lowest BCUT2D eigenvalue weighted by atomic mass is 10.2. The molecule has 2 N–H and O–H groups in total. The van der Waals surface area contributed by atoms with Gasteiger partial charge < -0.3 is 0 Å². The highest BCUT2D eigenvalue weighted by Crippen LogP contribution is 2.25. The van der Waals surface area contributed by atoms with Crippen molar-refractivity contribution < 1.29 is 30.7 Å². The van der Waals surface area contributed by atoms with Gasteiger partial charge in [0.1, 0.15) is 0 Å². The number of carbonyl (C=O) groups excluding carboxylic acids is 1. The molecule has 1 amide bonds. The van der Waals surface area contributed by atoms with Crippen LogP contribution >= 0.6 is 0 Å². The molecule has 0 fully saturated rings. The van der Waals surface area contributed by atoms with Crippen LogP contribution in [0.2, 0.25) is 0 Å². The van der Waals surface area contributed by atoms with Crippen LogP contribution in [0.1, 0.15) is 6.92 Å². The normalized spacial score (nSPS) is 17.8. The third-order valence-electron chi connectivity index (χ3n) is 3.88. The highest BCUT2D eigenvalue weighted by Gasteiger charge is 2.34. The number of amides is 1. The van der Waals surface area contributed by atoms with Crippen LogP contribution in [0.3, 0.4) is 0 Å². The number of anilines is 1. The minimum Gasteiger partial charge on any atom is -0.282 e. The van der Waals surface area contributed by atoms with Crippen LogP contribution in [-0.4, -0.2) is 43.6 Å². The highest BCUT2D eigenvalue weighted by atomic mass is 32.2. The van der Waals surface area contributed by atoms with Crippen molar-refractivity contribution in [2.45, 2.75) is 22.8 Å². The Labute approximate surface area is 165 Å². The molecule has 0 saturated heterocycles. The summed E-state index contributed by atoms with van der Waals surface area (Å²) in [7, 11) is -8.77. The molecule has 2 aromatic carbocycles. The van der Waals surface area contributed by atoms with Gasteiger partial charge in [-0.05, 0) is 49.4 Å². The number of benzene rings is 2. The number of nitrogens with zero attached hydrogens (tertiary/aromatic N) is 4. The third-order valence-corrected chi connectivity index (χ3v) is 5.60. The van der Waals surface area contributed by atoms with Crippen LogP contribution in [-0.2, 0) is 25.0 Å². The predicted octanol–water partition coefficient (Wildman–Crippen LogP) is 2.06. The van der Waals surface area contributed by atoms with Crippen molar-refractivity contribution in [2.24, 2.45) is 15.3 Å². The largest absolute Gasteiger partial charge is 0.294 e. The molecule has 0 spiro atoms. The van der Waals surface area contributed by atoms with Crippen LogP contribution in [0.25, 0.3) is 0 Å². The minimum atomic E-state index is -4.40. The van der Waals surface area contributed by atoms with Crippen molar-refractivity contribution in [3.8, 4) is 0 Å². The van der Waals surface area contributed by atoms with Gasteiger partial charge in [-0.3, -0.25) is 13.9 Å². The summed E-state index contributed by atoms with van der Waals surface area (Å²) >= 11 is 0. The van der Waals surface area contributed by atoms with Crippen molar-refractivity contribution in [1.29, 1.82) is 0 Å². The molecule has 2 aromatic rings. The molecule has 1 aliphatic heterocycles. The summed E-state index contributed by atoms with van der Waals surface area (Å²) in [5, 5.41) is 12.8. The Kier molecular flexibility index (Phi) is 5.32. The van der Waals surface area contributed by atoms with Gasteiger partial charge in [-0.2, -0.15) is 37.2 Å². The van der Waals surface area contributed by atoms with E-state index in [1.165, 1.54) is 30.3 Å². The van der Waals surface area contributed by atoms with Crippen molar-refractivity contribution in [1.82, 2.24) is 0 Å². The second kappa shape index (κ2) is 7.44. The molecule has 13 heteroatoms. The smallest absolute Gasteiger partial charge is 0.282 e. The van der Waals surface area contributed by atoms with E-state index >= 15 is 0 Å². The van der Waals surface area contributed by atoms with Gasteiger partial charge in [0.25, 0.3) is 26.1 Å². The van der Waals surface area contributed by atoms with Crippen LogP contribution in [0.4, 0.5) is 11.4 Å². The second-order valence-corrected chi connectivity index (χ2v) is 8.79. The molecule has 0 aliphatic carbocycles. The highest BCUT2D eigenvalue weighted by molar-refractivity contribution is 7.86. The summed E-state index contributed by atoms with van der Waals surface area (Å²) in [6.07, 6.45) is 0. The van der Waals surface area contributed by atoms with Crippen LogP contribution in [0.15, 0.2) is 73.7 Å². The Bertz CT molecular complexity index is 1240. The van der Waals surface area contributed by atoms with E-state index in [0.717, 1.165) is 23.2 Å². The Balaban J connectivity index is 1.83. The lowest BCUT2D eigenvalue weighted by Crippen LogP contribution is -2.29. The molecule has 1 aliphatic rings. The maximum atomic E-state index is 12.6. The molecule has 0 radical (unpaired) electrons. The molecule has 0 bridgehead atoms. The van der Waals surface area contributed by atoms with Gasteiger partial charge in [-0.25, -0.2) is 0 Å². The van der Waals surface area contributed by atoms with Gasteiger partial charge in [-0.1, -0.05) is 6.07 Å². The Morgan fingerprint density at radius 2 is 1.59 bits per heavy atom. The SMILES string of the molecule is CC1=NN(c2ccc(S(=O)(=O)O)cc2)C(=O)C1N=Nc1cccc(S(=O)(=O)O)c1. The van der Waals surface area contributed by atoms with Gasteiger partial charge >= 0.3 is 0 Å². The van der Waals surface area contributed by atoms with E-state index in [2.05, 4.69) is 15.3 Å². The van der Waals surface area contributed by atoms with E-state index in [9.17, 15) is 21.6 Å². The molecule has 1 atom stereocenters. The molecule has 1 heterocycles. The molecule has 1 unspecified atom stereocenters. The Morgan fingerprint density at radius 3 is 2.17 bits per heavy atom. The van der Waals surface area contributed by atoms with E-state index in [4.69, 9.17) is 9.11 Å². The molecule has 0 saturated carbocycles. The average molecular weight is 438 g/mol. The lowest BCUT2D eigenvalue weighted by molar-refractivity contribution is -0.117. The average Bonchev–Trinajstić information content (AvgIpc) is 2.93. The molecule has 3 rings (SSSR count). The maximum absolute atomic E-state index is 12.6. The summed E-state index contributed by atoms with van der Waals surface area (Å²) in [6.45, 7) is 1.54. The minimum absolute atomic E-state index is 0.108. The van der Waals surface area contributed by atoms with Crippen molar-refractivity contribution >= 4 is 43.2 Å². The summed E-state index contributed by atoms with van der Waals surface area (Å²) < 4.78 is 62.7. The monoisotopic (exact) mass is 438 g/mol. The number of azo groups is 1. The standard InChI is InChI=1S/C16H14N4O7S2/c1-10-15(18-17-11-3-2-4-14(9-11)29(25,26)27)16(21)20(19-10)12-5-7-13(8-6-12)28(22,23)24/h2-9,15H,1H3,(H,22,23,24)(H,25,26,27). The molecule has 11 nitrogen and oxygen atoms in total. The van der Waals surface area contributed by atoms with Gasteiger partial charge in [0.2, 0.25) is 0 Å². The maximum Gasteiger partial charge on any atom is 0.294 e. The van der Waals surface area contributed by atoms with Crippen LogP contribution in [0, 0.1) is 0 Å². The second-order valence-electron chi connectivity index (χ2n) is 5.95. The molecule has 29 heavy (non-hydrogen) atoms. The zero-order chi connectivity index (χ0) is 21.4. The Morgan fingerprint density at radius 1 is 0.966 bits per heavy atom. The van der Waals surface area contributed by atoms with Gasteiger partial charge in [-0.15, -0.1) is 0 Å². The van der Waals surface area contributed by atoms with E-state index in [0.29, 0.717) is 5.71 Å². The molecule has 152 valence electrons. The van der Waals surface area contributed by atoms with Gasteiger partial charge in [0, 0.05) is 0 Å². The zero-order valence-corrected chi connectivity index (χ0v) is 16.4. The number of rotatable bonds is 5. The van der Waals surface area contributed by atoms with Gasteiger partial charge in [0.05, 0.1) is 26.9 Å². The fraction of sp³-hybridized carbons (Fsp3) is 0.125. The number of carbonyl (C=O) groups is 1. The molecular formula is C16H14N4O7S2. The summed E-state index contributed by atoms with van der Waals surface area (Å²) in [4.78, 5) is 11.9. The third kappa shape index (κ3) is 4.54. The number of hydrazone groups is 1. The fourth-order valence-corrected chi connectivity index (χ4v) is 3.46. The van der Waals surface area contributed by atoms with Gasteiger partial charge in [0.15, 0.2) is 6.04 Å².